The molecule has 0 bridgehead atoms. The first-order chi connectivity index (χ1) is 8.91. The van der Waals surface area contributed by atoms with E-state index in [-0.39, 0.29) is 11.4 Å². The molecule has 0 spiro atoms. The van der Waals surface area contributed by atoms with Gasteiger partial charge in [-0.3, -0.25) is 10.1 Å². The monoisotopic (exact) mass is 263 g/mol. The summed E-state index contributed by atoms with van der Waals surface area (Å²) in [7, 11) is 0. The van der Waals surface area contributed by atoms with Crippen molar-refractivity contribution in [3.05, 3.63) is 27.8 Å². The fraction of sp³-hybridized carbons (Fsp3) is 0.571. The van der Waals surface area contributed by atoms with Crippen molar-refractivity contribution in [3.63, 3.8) is 0 Å². The number of nitrogen functional groups attached to an aromatic ring is 1. The number of nitro benzene ring substituents is 1. The summed E-state index contributed by atoms with van der Waals surface area (Å²) in [6, 6.07) is 4.23. The number of nitrogens with two attached hydrogens (primary N) is 1. The molecule has 2 N–H and O–H groups in total. The Bertz CT molecular complexity index is 492. The Balaban J connectivity index is 2.44. The van der Waals surface area contributed by atoms with E-state index in [1.807, 2.05) is 6.92 Å². The van der Waals surface area contributed by atoms with Crippen LogP contribution in [0, 0.1) is 17.0 Å². The van der Waals surface area contributed by atoms with Gasteiger partial charge in [0, 0.05) is 23.8 Å². The maximum absolute atomic E-state index is 10.9. The molecule has 1 aliphatic rings. The number of hydrogen-bond acceptors (Lipinski definition) is 4. The zero-order valence-corrected chi connectivity index (χ0v) is 11.7. The lowest BCUT2D eigenvalue weighted by atomic mass is 9.95. The molecular formula is C14H21N3O2. The van der Waals surface area contributed by atoms with Crippen molar-refractivity contribution < 1.29 is 4.92 Å². The van der Waals surface area contributed by atoms with Crippen molar-refractivity contribution in [2.45, 2.75) is 52.1 Å². The highest BCUT2D eigenvalue weighted by Crippen LogP contribution is 2.36. The number of benzene rings is 1. The summed E-state index contributed by atoms with van der Waals surface area (Å²) >= 11 is 0. The van der Waals surface area contributed by atoms with Crippen molar-refractivity contribution in [1.82, 2.24) is 0 Å². The van der Waals surface area contributed by atoms with Crippen LogP contribution in [0.4, 0.5) is 17.1 Å². The van der Waals surface area contributed by atoms with Crippen molar-refractivity contribution in [2.24, 2.45) is 0 Å². The van der Waals surface area contributed by atoms with Crippen molar-refractivity contribution in [3.8, 4) is 0 Å². The van der Waals surface area contributed by atoms with E-state index in [0.717, 1.165) is 24.1 Å². The zero-order valence-electron chi connectivity index (χ0n) is 11.7. The summed E-state index contributed by atoms with van der Waals surface area (Å²) < 4.78 is 0. The fourth-order valence-corrected chi connectivity index (χ4v) is 3.03. The van der Waals surface area contributed by atoms with Gasteiger partial charge in [0.15, 0.2) is 0 Å². The molecule has 0 unspecified atom stereocenters. The maximum atomic E-state index is 10.9. The summed E-state index contributed by atoms with van der Waals surface area (Å²) in [5.74, 6) is 0. The van der Waals surface area contributed by atoms with Gasteiger partial charge in [-0.25, -0.2) is 0 Å². The van der Waals surface area contributed by atoms with Crippen LogP contribution in [-0.2, 0) is 0 Å². The third-order valence-corrected chi connectivity index (χ3v) is 4.01. The molecule has 1 aromatic rings. The van der Waals surface area contributed by atoms with Crippen LogP contribution in [0.3, 0.4) is 0 Å². The van der Waals surface area contributed by atoms with Gasteiger partial charge in [0.1, 0.15) is 5.69 Å². The largest absolute Gasteiger partial charge is 0.393 e. The summed E-state index contributed by atoms with van der Waals surface area (Å²) in [6.07, 6.45) is 3.54. The highest BCUT2D eigenvalue weighted by atomic mass is 16.6. The van der Waals surface area contributed by atoms with Gasteiger partial charge in [-0.1, -0.05) is 0 Å². The van der Waals surface area contributed by atoms with Gasteiger partial charge in [-0.15, -0.1) is 0 Å². The van der Waals surface area contributed by atoms with Crippen LogP contribution in [0.15, 0.2) is 12.1 Å². The number of nitro groups is 1. The standard InChI is InChI=1S/C14H21N3O2/c1-9-7-14(17(18)19)12(15)8-13(9)16-10(2)5-4-6-11(16)3/h7-8,10-11H,4-6,15H2,1-3H3/t10-,11+. The van der Waals surface area contributed by atoms with E-state index in [2.05, 4.69) is 18.7 Å². The molecular weight excluding hydrogens is 242 g/mol. The van der Waals surface area contributed by atoms with Crippen LogP contribution in [0.5, 0.6) is 0 Å². The van der Waals surface area contributed by atoms with Gasteiger partial charge in [0.25, 0.3) is 5.69 Å². The van der Waals surface area contributed by atoms with Gasteiger partial charge >= 0.3 is 0 Å². The topological polar surface area (TPSA) is 72.4 Å². The molecule has 19 heavy (non-hydrogen) atoms. The number of piperidine rings is 1. The zero-order chi connectivity index (χ0) is 14.2. The molecule has 2 rings (SSSR count). The molecule has 1 saturated heterocycles. The van der Waals surface area contributed by atoms with Gasteiger partial charge in [-0.2, -0.15) is 0 Å². The molecule has 0 radical (unpaired) electrons. The van der Waals surface area contributed by atoms with E-state index in [1.54, 1.807) is 12.1 Å². The first kappa shape index (κ1) is 13.6. The summed E-state index contributed by atoms with van der Waals surface area (Å²) in [6.45, 7) is 6.31. The van der Waals surface area contributed by atoms with Crippen LogP contribution in [0.25, 0.3) is 0 Å². The molecule has 5 heteroatoms. The fourth-order valence-electron chi connectivity index (χ4n) is 3.03. The second kappa shape index (κ2) is 5.07. The molecule has 0 amide bonds. The van der Waals surface area contributed by atoms with E-state index in [9.17, 15) is 10.1 Å². The average Bonchev–Trinajstić information content (AvgIpc) is 2.32. The minimum atomic E-state index is -0.421. The Labute approximate surface area is 113 Å². The molecule has 0 aliphatic carbocycles. The van der Waals surface area contributed by atoms with Crippen molar-refractivity contribution in [2.75, 3.05) is 10.6 Å². The van der Waals surface area contributed by atoms with Crippen LogP contribution in [0.1, 0.15) is 38.7 Å². The van der Waals surface area contributed by atoms with Crippen molar-refractivity contribution in [1.29, 1.82) is 0 Å². The Morgan fingerprint density at radius 1 is 1.32 bits per heavy atom. The van der Waals surface area contributed by atoms with Crippen LogP contribution in [0.2, 0.25) is 0 Å². The molecule has 0 aromatic heterocycles. The van der Waals surface area contributed by atoms with Crippen LogP contribution >= 0.6 is 0 Å². The van der Waals surface area contributed by atoms with E-state index >= 15 is 0 Å². The van der Waals surface area contributed by atoms with Crippen LogP contribution < -0.4 is 10.6 Å². The van der Waals surface area contributed by atoms with Crippen molar-refractivity contribution >= 4 is 17.1 Å². The number of rotatable bonds is 2. The maximum Gasteiger partial charge on any atom is 0.292 e. The predicted molar refractivity (Wildman–Crippen MR) is 77.5 cm³/mol. The highest BCUT2D eigenvalue weighted by Gasteiger charge is 2.27. The van der Waals surface area contributed by atoms with Gasteiger partial charge < -0.3 is 10.6 Å². The lowest BCUT2D eigenvalue weighted by Gasteiger charge is -2.41. The molecule has 1 aliphatic heterocycles. The Kier molecular flexibility index (Phi) is 3.64. The van der Waals surface area contributed by atoms with Gasteiger partial charge in [0.2, 0.25) is 0 Å². The van der Waals surface area contributed by atoms with E-state index in [0.29, 0.717) is 12.1 Å². The molecule has 5 nitrogen and oxygen atoms in total. The number of anilines is 2. The molecule has 0 saturated carbocycles. The molecule has 1 aromatic carbocycles. The van der Waals surface area contributed by atoms with Gasteiger partial charge in [0.05, 0.1) is 4.92 Å². The third-order valence-electron chi connectivity index (χ3n) is 4.01. The second-order valence-corrected chi connectivity index (χ2v) is 5.49. The highest BCUT2D eigenvalue weighted by molar-refractivity contribution is 5.70. The van der Waals surface area contributed by atoms with E-state index in [1.165, 1.54) is 6.42 Å². The third kappa shape index (κ3) is 2.50. The lowest BCUT2D eigenvalue weighted by Crippen LogP contribution is -2.44. The normalized spacial score (nSPS) is 23.4. The first-order valence-corrected chi connectivity index (χ1v) is 6.74. The van der Waals surface area contributed by atoms with Gasteiger partial charge in [-0.05, 0) is 51.7 Å². The minimum absolute atomic E-state index is 0.00133. The molecule has 1 heterocycles. The summed E-state index contributed by atoms with van der Waals surface area (Å²) in [5, 5.41) is 10.9. The minimum Gasteiger partial charge on any atom is -0.393 e. The Morgan fingerprint density at radius 3 is 2.42 bits per heavy atom. The molecule has 1 fully saturated rings. The Hall–Kier alpha value is -1.78. The number of hydrogen-bond donors (Lipinski definition) is 1. The summed E-state index contributed by atoms with van der Waals surface area (Å²) in [4.78, 5) is 12.8. The molecule has 2 atom stereocenters. The van der Waals surface area contributed by atoms with Crippen LogP contribution in [-0.4, -0.2) is 17.0 Å². The lowest BCUT2D eigenvalue weighted by molar-refractivity contribution is -0.383. The first-order valence-electron chi connectivity index (χ1n) is 6.74. The SMILES string of the molecule is Cc1cc([N+](=O)[O-])c(N)cc1N1[C@H](C)CCC[C@@H]1C. The number of nitrogens with zero attached hydrogens (tertiary/aromatic N) is 2. The second-order valence-electron chi connectivity index (χ2n) is 5.49. The van der Waals surface area contributed by atoms with E-state index < -0.39 is 4.92 Å². The summed E-state index contributed by atoms with van der Waals surface area (Å²) in [5.41, 5.74) is 8.01. The Morgan fingerprint density at radius 2 is 1.89 bits per heavy atom. The average molecular weight is 263 g/mol. The smallest absolute Gasteiger partial charge is 0.292 e. The predicted octanol–water partition coefficient (Wildman–Crippen LogP) is 3.25. The quantitative estimate of drug-likeness (QED) is 0.505. The van der Waals surface area contributed by atoms with E-state index in [4.69, 9.17) is 5.73 Å². The number of aryl methyl sites for hydroxylation is 1. The molecule has 104 valence electrons.